The molecule has 0 aromatic heterocycles. The maximum absolute atomic E-state index is 12.0. The monoisotopic (exact) mass is 440 g/mol. The van der Waals surface area contributed by atoms with Crippen molar-refractivity contribution in [2.24, 2.45) is 5.92 Å². The first-order valence-electron chi connectivity index (χ1n) is 13.5. The van der Waals surface area contributed by atoms with E-state index in [0.29, 0.717) is 19.6 Å². The number of ether oxygens (including phenoxy) is 2. The van der Waals surface area contributed by atoms with Gasteiger partial charge in [0.15, 0.2) is 0 Å². The van der Waals surface area contributed by atoms with E-state index in [-0.39, 0.29) is 17.9 Å². The van der Waals surface area contributed by atoms with E-state index < -0.39 is 0 Å². The van der Waals surface area contributed by atoms with E-state index in [9.17, 15) is 9.59 Å². The molecule has 31 heavy (non-hydrogen) atoms. The molecule has 0 radical (unpaired) electrons. The van der Waals surface area contributed by atoms with Crippen LogP contribution in [0.2, 0.25) is 0 Å². The van der Waals surface area contributed by atoms with Crippen molar-refractivity contribution in [3.05, 3.63) is 0 Å². The first kappa shape index (κ1) is 29.9. The fourth-order valence-corrected chi connectivity index (χ4v) is 3.75. The lowest BCUT2D eigenvalue weighted by Crippen LogP contribution is -2.17. The zero-order valence-corrected chi connectivity index (χ0v) is 21.1. The van der Waals surface area contributed by atoms with E-state index >= 15 is 0 Å². The van der Waals surface area contributed by atoms with Gasteiger partial charge in [-0.1, -0.05) is 104 Å². The second-order valence-corrected chi connectivity index (χ2v) is 8.98. The molecule has 0 bridgehead atoms. The Hall–Kier alpha value is -1.06. The molecule has 0 aliphatic heterocycles. The number of rotatable bonds is 23. The Kier molecular flexibility index (Phi) is 22.8. The number of esters is 2. The van der Waals surface area contributed by atoms with Crippen molar-refractivity contribution >= 4 is 11.9 Å². The van der Waals surface area contributed by atoms with E-state index in [1.807, 2.05) is 0 Å². The van der Waals surface area contributed by atoms with Gasteiger partial charge in [-0.15, -0.1) is 0 Å². The van der Waals surface area contributed by atoms with E-state index in [1.165, 1.54) is 57.8 Å². The number of hydrogen-bond donors (Lipinski definition) is 0. The fourth-order valence-electron chi connectivity index (χ4n) is 3.75. The van der Waals surface area contributed by atoms with E-state index in [2.05, 4.69) is 20.8 Å². The summed E-state index contributed by atoms with van der Waals surface area (Å²) < 4.78 is 10.5. The lowest BCUT2D eigenvalue weighted by Gasteiger charge is -2.13. The predicted molar refractivity (Wildman–Crippen MR) is 130 cm³/mol. The molecule has 0 heterocycles. The van der Waals surface area contributed by atoms with Gasteiger partial charge in [-0.25, -0.2) is 0 Å². The molecule has 4 nitrogen and oxygen atoms in total. The minimum absolute atomic E-state index is 0.0165. The molecule has 1 unspecified atom stereocenters. The second-order valence-electron chi connectivity index (χ2n) is 8.98. The molecule has 0 aromatic carbocycles. The molecule has 1 atom stereocenters. The summed E-state index contributed by atoms with van der Waals surface area (Å²) >= 11 is 0. The normalized spacial score (nSPS) is 12.0. The molecule has 0 amide bonds. The Morgan fingerprint density at radius 2 is 1.03 bits per heavy atom. The minimum atomic E-state index is -0.0226. The van der Waals surface area contributed by atoms with Crippen LogP contribution in [0.5, 0.6) is 0 Å². The third kappa shape index (κ3) is 20.6. The van der Waals surface area contributed by atoms with Gasteiger partial charge in [0.05, 0.1) is 19.1 Å². The summed E-state index contributed by atoms with van der Waals surface area (Å²) in [6, 6.07) is 0. The maximum Gasteiger partial charge on any atom is 0.308 e. The Morgan fingerprint density at radius 1 is 0.581 bits per heavy atom. The van der Waals surface area contributed by atoms with Crippen molar-refractivity contribution in [3.8, 4) is 0 Å². The molecule has 4 heteroatoms. The molecule has 0 spiro atoms. The first-order chi connectivity index (χ1) is 15.2. The maximum atomic E-state index is 12.0. The molecule has 184 valence electrons. The topological polar surface area (TPSA) is 52.6 Å². The summed E-state index contributed by atoms with van der Waals surface area (Å²) in [7, 11) is 0. The smallest absolute Gasteiger partial charge is 0.308 e. The van der Waals surface area contributed by atoms with Gasteiger partial charge in [0.2, 0.25) is 0 Å². The van der Waals surface area contributed by atoms with Crippen molar-refractivity contribution in [1.82, 2.24) is 0 Å². The van der Waals surface area contributed by atoms with Crippen LogP contribution in [0.4, 0.5) is 0 Å². The highest BCUT2D eigenvalue weighted by molar-refractivity contribution is 5.72. The lowest BCUT2D eigenvalue weighted by molar-refractivity contribution is -0.149. The zero-order valence-electron chi connectivity index (χ0n) is 21.1. The van der Waals surface area contributed by atoms with E-state index in [4.69, 9.17) is 9.47 Å². The third-order valence-corrected chi connectivity index (χ3v) is 6.01. The van der Waals surface area contributed by atoms with Crippen LogP contribution in [0, 0.1) is 5.92 Å². The molecule has 0 fully saturated rings. The molecular weight excluding hydrogens is 388 g/mol. The van der Waals surface area contributed by atoms with Crippen molar-refractivity contribution < 1.29 is 19.1 Å². The van der Waals surface area contributed by atoms with E-state index in [0.717, 1.165) is 57.8 Å². The molecule has 0 aliphatic rings. The van der Waals surface area contributed by atoms with Gasteiger partial charge in [0.25, 0.3) is 0 Å². The van der Waals surface area contributed by atoms with Crippen molar-refractivity contribution in [2.45, 2.75) is 143 Å². The average Bonchev–Trinajstić information content (AvgIpc) is 2.76. The van der Waals surface area contributed by atoms with Crippen LogP contribution in [-0.2, 0) is 19.1 Å². The highest BCUT2D eigenvalue weighted by Crippen LogP contribution is 2.18. The summed E-state index contributed by atoms with van der Waals surface area (Å²) in [5.74, 6) is 0.0944. The fraction of sp³-hybridized carbons (Fsp3) is 0.926. The van der Waals surface area contributed by atoms with Crippen LogP contribution in [0.1, 0.15) is 143 Å². The molecular formula is C27H52O4. The molecule has 0 rings (SSSR count). The SMILES string of the molecule is CCCCOC(=O)CCCCCCCCCCCCCCC(CC)C(=O)OCCCC. The first-order valence-corrected chi connectivity index (χ1v) is 13.5. The van der Waals surface area contributed by atoms with Crippen LogP contribution in [-0.4, -0.2) is 25.2 Å². The predicted octanol–water partition coefficient (Wildman–Crippen LogP) is 8.16. The summed E-state index contributed by atoms with van der Waals surface area (Å²) in [6.07, 6.45) is 21.5. The Bertz CT molecular complexity index is 408. The highest BCUT2D eigenvalue weighted by atomic mass is 16.5. The molecule has 0 N–H and O–H groups in total. The van der Waals surface area contributed by atoms with Crippen molar-refractivity contribution in [1.29, 1.82) is 0 Å². The highest BCUT2D eigenvalue weighted by Gasteiger charge is 2.17. The third-order valence-electron chi connectivity index (χ3n) is 6.01. The van der Waals surface area contributed by atoms with Gasteiger partial charge in [-0.3, -0.25) is 9.59 Å². The largest absolute Gasteiger partial charge is 0.466 e. The minimum Gasteiger partial charge on any atom is -0.466 e. The van der Waals surface area contributed by atoms with Crippen LogP contribution < -0.4 is 0 Å². The average molecular weight is 441 g/mol. The van der Waals surface area contributed by atoms with Crippen LogP contribution in [0.3, 0.4) is 0 Å². The van der Waals surface area contributed by atoms with Gasteiger partial charge in [0.1, 0.15) is 0 Å². The number of carbonyl (C=O) groups is 2. The second kappa shape index (κ2) is 23.6. The van der Waals surface area contributed by atoms with E-state index in [1.54, 1.807) is 0 Å². The van der Waals surface area contributed by atoms with Crippen LogP contribution >= 0.6 is 0 Å². The molecule has 0 saturated heterocycles. The Balaban J connectivity index is 3.35. The summed E-state index contributed by atoms with van der Waals surface area (Å²) in [6.45, 7) is 7.48. The summed E-state index contributed by atoms with van der Waals surface area (Å²) in [4.78, 5) is 23.5. The molecule has 0 aliphatic carbocycles. The number of carbonyl (C=O) groups excluding carboxylic acids is 2. The van der Waals surface area contributed by atoms with Crippen molar-refractivity contribution in [2.75, 3.05) is 13.2 Å². The van der Waals surface area contributed by atoms with Crippen molar-refractivity contribution in [3.63, 3.8) is 0 Å². The van der Waals surface area contributed by atoms with Crippen LogP contribution in [0.15, 0.2) is 0 Å². The van der Waals surface area contributed by atoms with Crippen LogP contribution in [0.25, 0.3) is 0 Å². The Labute approximate surface area is 193 Å². The zero-order chi connectivity index (χ0) is 23.0. The van der Waals surface area contributed by atoms with Gasteiger partial charge in [-0.2, -0.15) is 0 Å². The summed E-state index contributed by atoms with van der Waals surface area (Å²) in [5.41, 5.74) is 0. The number of unbranched alkanes of at least 4 members (excludes halogenated alkanes) is 13. The lowest BCUT2D eigenvalue weighted by atomic mass is 9.97. The van der Waals surface area contributed by atoms with Gasteiger partial charge in [0, 0.05) is 6.42 Å². The number of hydrogen-bond acceptors (Lipinski definition) is 4. The standard InChI is InChI=1S/C27H52O4/c1-4-7-23-30-26(28)22-20-18-16-14-12-10-9-11-13-15-17-19-21-25(6-3)27(29)31-24-8-5-2/h25H,4-24H2,1-3H3. The van der Waals surface area contributed by atoms with Gasteiger partial charge >= 0.3 is 11.9 Å². The Morgan fingerprint density at radius 3 is 1.52 bits per heavy atom. The summed E-state index contributed by atoms with van der Waals surface area (Å²) in [5, 5.41) is 0. The van der Waals surface area contributed by atoms with Gasteiger partial charge in [-0.05, 0) is 32.1 Å². The van der Waals surface area contributed by atoms with Gasteiger partial charge < -0.3 is 9.47 Å². The molecule has 0 aromatic rings. The quantitative estimate of drug-likeness (QED) is 0.119. The molecule has 0 saturated carbocycles.